The number of allylic oxidation sites excluding steroid dienone is 4. The smallest absolute Gasteiger partial charge is 0.220 e. The number of hydrogen-bond donors (Lipinski definition) is 6. The van der Waals surface area contributed by atoms with E-state index in [0.717, 1.165) is 70.6 Å². The van der Waals surface area contributed by atoms with Gasteiger partial charge < -0.3 is 40.3 Å². The van der Waals surface area contributed by atoms with E-state index in [-0.39, 0.29) is 12.5 Å². The van der Waals surface area contributed by atoms with E-state index in [2.05, 4.69) is 43.5 Å². The van der Waals surface area contributed by atoms with Crippen LogP contribution in [0.2, 0.25) is 0 Å². The van der Waals surface area contributed by atoms with Gasteiger partial charge in [0.2, 0.25) is 5.91 Å². The van der Waals surface area contributed by atoms with E-state index in [9.17, 15) is 30.3 Å². The molecule has 6 N–H and O–H groups in total. The van der Waals surface area contributed by atoms with Gasteiger partial charge in [0.05, 0.1) is 25.4 Å². The molecular weight excluding hydrogens is 502 g/mol. The summed E-state index contributed by atoms with van der Waals surface area (Å²) in [4.78, 5) is 12.6. The van der Waals surface area contributed by atoms with Crippen molar-refractivity contribution in [1.29, 1.82) is 0 Å². The molecule has 1 aliphatic rings. The van der Waals surface area contributed by atoms with E-state index in [1.54, 1.807) is 0 Å². The van der Waals surface area contributed by atoms with Crippen LogP contribution in [0.15, 0.2) is 24.3 Å². The molecule has 0 aliphatic carbocycles. The van der Waals surface area contributed by atoms with Crippen molar-refractivity contribution in [2.45, 2.75) is 147 Å². The summed E-state index contributed by atoms with van der Waals surface area (Å²) < 4.78 is 11.0. The van der Waals surface area contributed by atoms with Gasteiger partial charge in [-0.05, 0) is 38.5 Å². The quantitative estimate of drug-likeness (QED) is 0.0878. The maximum absolute atomic E-state index is 12.6. The first-order valence-corrected chi connectivity index (χ1v) is 15.0. The lowest BCUT2D eigenvalue weighted by molar-refractivity contribution is -0.302. The molecule has 0 aromatic rings. The van der Waals surface area contributed by atoms with Gasteiger partial charge in [0.25, 0.3) is 0 Å². The molecule has 1 fully saturated rings. The third-order valence-corrected chi connectivity index (χ3v) is 7.04. The first kappa shape index (κ1) is 35.7. The lowest BCUT2D eigenvalue weighted by Crippen LogP contribution is -2.60. The highest BCUT2D eigenvalue weighted by Gasteiger charge is 2.44. The zero-order valence-electron chi connectivity index (χ0n) is 24.1. The van der Waals surface area contributed by atoms with Crippen LogP contribution < -0.4 is 5.32 Å². The average Bonchev–Trinajstić information content (AvgIpc) is 2.93. The molecule has 0 saturated carbocycles. The van der Waals surface area contributed by atoms with Gasteiger partial charge >= 0.3 is 0 Å². The molecule has 1 amide bonds. The summed E-state index contributed by atoms with van der Waals surface area (Å²) >= 11 is 0. The van der Waals surface area contributed by atoms with Crippen molar-refractivity contribution in [1.82, 2.24) is 5.32 Å². The van der Waals surface area contributed by atoms with E-state index < -0.39 is 49.5 Å². The summed E-state index contributed by atoms with van der Waals surface area (Å²) in [6.07, 6.45) is 14.1. The second-order valence-corrected chi connectivity index (χ2v) is 10.5. The Hall–Kier alpha value is -1.33. The molecule has 228 valence electrons. The standard InChI is InChI=1S/C30H55NO8/c1-3-5-7-8-9-10-11-12-13-14-15-16-18-20-26(34)31-23(24(33)19-17-6-4-2)22-38-30-29(37)28(36)27(35)25(21-32)39-30/h7-8,10-11,23-25,27-30,32-33,35-37H,3-6,9,12-22H2,1-2H3,(H,31,34)/b8-7-,11-10-. The largest absolute Gasteiger partial charge is 0.394 e. The van der Waals surface area contributed by atoms with Crippen LogP contribution in [0.3, 0.4) is 0 Å². The van der Waals surface area contributed by atoms with Crippen molar-refractivity contribution in [2.75, 3.05) is 13.2 Å². The zero-order chi connectivity index (χ0) is 28.9. The summed E-state index contributed by atoms with van der Waals surface area (Å²) in [6, 6.07) is -0.717. The zero-order valence-corrected chi connectivity index (χ0v) is 24.1. The fraction of sp³-hybridized carbons (Fsp3) is 0.833. The first-order valence-electron chi connectivity index (χ1n) is 15.0. The monoisotopic (exact) mass is 557 g/mol. The lowest BCUT2D eigenvalue weighted by Gasteiger charge is -2.40. The maximum atomic E-state index is 12.6. The Morgan fingerprint density at radius 2 is 1.56 bits per heavy atom. The van der Waals surface area contributed by atoms with Crippen LogP contribution in [0.4, 0.5) is 0 Å². The van der Waals surface area contributed by atoms with Crippen LogP contribution in [-0.2, 0) is 14.3 Å². The van der Waals surface area contributed by atoms with Gasteiger partial charge in [-0.1, -0.05) is 83.1 Å². The SMILES string of the molecule is CCC/C=C\C/C=C\CCCCCCCC(=O)NC(COC1OC(CO)C(O)C(O)C1O)C(O)CCCCC. The van der Waals surface area contributed by atoms with Gasteiger partial charge in [0.1, 0.15) is 24.4 Å². The Morgan fingerprint density at radius 1 is 0.872 bits per heavy atom. The molecule has 1 aliphatic heterocycles. The van der Waals surface area contributed by atoms with Crippen molar-refractivity contribution >= 4 is 5.91 Å². The molecule has 0 radical (unpaired) electrons. The summed E-state index contributed by atoms with van der Waals surface area (Å²) in [7, 11) is 0. The van der Waals surface area contributed by atoms with Gasteiger partial charge in [-0.3, -0.25) is 4.79 Å². The third kappa shape index (κ3) is 15.3. The molecule has 39 heavy (non-hydrogen) atoms. The number of unbranched alkanes of at least 4 members (excludes halogenated alkanes) is 8. The number of aliphatic hydroxyl groups is 5. The number of amides is 1. The van der Waals surface area contributed by atoms with Crippen molar-refractivity contribution in [3.8, 4) is 0 Å². The molecule has 1 rings (SSSR count). The molecule has 1 heterocycles. The second kappa shape index (κ2) is 22.4. The summed E-state index contributed by atoms with van der Waals surface area (Å²) in [6.45, 7) is 3.54. The van der Waals surface area contributed by atoms with Crippen LogP contribution in [-0.4, -0.2) is 87.5 Å². The number of hydrogen-bond acceptors (Lipinski definition) is 8. The van der Waals surface area contributed by atoms with E-state index in [4.69, 9.17) is 9.47 Å². The van der Waals surface area contributed by atoms with E-state index in [1.165, 1.54) is 6.42 Å². The minimum Gasteiger partial charge on any atom is -0.394 e. The van der Waals surface area contributed by atoms with Crippen molar-refractivity contribution in [2.24, 2.45) is 0 Å². The normalized spacial score (nSPS) is 25.4. The van der Waals surface area contributed by atoms with Gasteiger partial charge in [-0.25, -0.2) is 0 Å². The summed E-state index contributed by atoms with van der Waals surface area (Å²) in [5.74, 6) is -0.175. The molecule has 0 bridgehead atoms. The van der Waals surface area contributed by atoms with E-state index in [0.29, 0.717) is 12.8 Å². The summed E-state index contributed by atoms with van der Waals surface area (Å²) in [5, 5.41) is 53.1. The number of rotatable bonds is 22. The van der Waals surface area contributed by atoms with Crippen molar-refractivity contribution in [3.63, 3.8) is 0 Å². The van der Waals surface area contributed by atoms with Gasteiger partial charge in [-0.15, -0.1) is 0 Å². The maximum Gasteiger partial charge on any atom is 0.220 e. The molecule has 1 saturated heterocycles. The summed E-state index contributed by atoms with van der Waals surface area (Å²) in [5.41, 5.74) is 0. The predicted molar refractivity (Wildman–Crippen MR) is 152 cm³/mol. The van der Waals surface area contributed by atoms with Crippen molar-refractivity contribution < 1.29 is 39.8 Å². The Bertz CT molecular complexity index is 671. The van der Waals surface area contributed by atoms with Crippen LogP contribution in [0, 0.1) is 0 Å². The highest BCUT2D eigenvalue weighted by molar-refractivity contribution is 5.76. The topological polar surface area (TPSA) is 149 Å². The number of ether oxygens (including phenoxy) is 2. The molecular formula is C30H55NO8. The minimum atomic E-state index is -1.55. The van der Waals surface area contributed by atoms with Crippen LogP contribution in [0.25, 0.3) is 0 Å². The van der Waals surface area contributed by atoms with Crippen molar-refractivity contribution in [3.05, 3.63) is 24.3 Å². The predicted octanol–water partition coefficient (Wildman–Crippen LogP) is 3.26. The number of carbonyl (C=O) groups excluding carboxylic acids is 1. The van der Waals surface area contributed by atoms with Crippen LogP contribution in [0.1, 0.15) is 104 Å². The minimum absolute atomic E-state index is 0.149. The Balaban J connectivity index is 2.40. The molecule has 9 nitrogen and oxygen atoms in total. The molecule has 7 unspecified atom stereocenters. The fourth-order valence-corrected chi connectivity index (χ4v) is 4.49. The lowest BCUT2D eigenvalue weighted by atomic mass is 9.99. The third-order valence-electron chi connectivity index (χ3n) is 7.04. The van der Waals surface area contributed by atoms with Crippen LogP contribution in [0.5, 0.6) is 0 Å². The average molecular weight is 558 g/mol. The van der Waals surface area contributed by atoms with Gasteiger partial charge in [-0.2, -0.15) is 0 Å². The van der Waals surface area contributed by atoms with Gasteiger partial charge in [0, 0.05) is 6.42 Å². The highest BCUT2D eigenvalue weighted by atomic mass is 16.7. The van der Waals surface area contributed by atoms with E-state index in [1.807, 2.05) is 0 Å². The Labute approximate surface area is 235 Å². The molecule has 0 spiro atoms. The highest BCUT2D eigenvalue weighted by Crippen LogP contribution is 2.22. The molecule has 0 aromatic carbocycles. The van der Waals surface area contributed by atoms with Crippen LogP contribution >= 0.6 is 0 Å². The molecule has 7 atom stereocenters. The second-order valence-electron chi connectivity index (χ2n) is 10.5. The number of nitrogens with one attached hydrogen (secondary N) is 1. The number of aliphatic hydroxyl groups excluding tert-OH is 5. The first-order chi connectivity index (χ1) is 18.8. The van der Waals surface area contributed by atoms with E-state index >= 15 is 0 Å². The molecule has 9 heteroatoms. The Kier molecular flexibility index (Phi) is 20.5. The number of carbonyl (C=O) groups is 1. The van der Waals surface area contributed by atoms with Gasteiger partial charge in [0.15, 0.2) is 6.29 Å². The fourth-order valence-electron chi connectivity index (χ4n) is 4.49. The Morgan fingerprint density at radius 3 is 2.26 bits per heavy atom. The molecule has 0 aromatic heterocycles.